The van der Waals surface area contributed by atoms with E-state index in [1.165, 1.54) is 13.0 Å². The van der Waals surface area contributed by atoms with Crippen molar-refractivity contribution >= 4 is 15.9 Å². The Morgan fingerprint density at radius 2 is 1.69 bits per heavy atom. The highest BCUT2D eigenvalue weighted by Crippen LogP contribution is 2.61. The van der Waals surface area contributed by atoms with Gasteiger partial charge in [0.15, 0.2) is 0 Å². The summed E-state index contributed by atoms with van der Waals surface area (Å²) < 4.78 is 73.9. The van der Waals surface area contributed by atoms with E-state index < -0.39 is 36.8 Å². The average Bonchev–Trinajstić information content (AvgIpc) is 2.50. The Labute approximate surface area is 120 Å². The maximum atomic E-state index is 8.15. The smallest absolute Gasteiger partial charge is 0.0240 e. The summed E-state index contributed by atoms with van der Waals surface area (Å²) in [6, 6.07) is 4.76. The largest absolute Gasteiger partial charge is 0.0582 e. The van der Waals surface area contributed by atoms with E-state index in [1.54, 1.807) is 26.0 Å². The molecule has 0 saturated carbocycles. The molecule has 1 aromatic carbocycles. The third kappa shape index (κ3) is 1.21. The van der Waals surface area contributed by atoms with E-state index >= 15 is 0 Å². The highest BCUT2D eigenvalue weighted by Gasteiger charge is 2.56. The van der Waals surface area contributed by atoms with Crippen molar-refractivity contribution in [1.82, 2.24) is 0 Å². The van der Waals surface area contributed by atoms with Crippen LogP contribution in [0.15, 0.2) is 22.7 Å². The summed E-state index contributed by atoms with van der Waals surface area (Å²) in [5, 5.41) is 0. The van der Waals surface area contributed by atoms with E-state index in [4.69, 9.17) is 12.3 Å². The third-order valence-electron chi connectivity index (χ3n) is 4.06. The van der Waals surface area contributed by atoms with Crippen molar-refractivity contribution in [3.8, 4) is 0 Å². The molecule has 0 amide bonds. The molecule has 0 N–H and O–H groups in total. The van der Waals surface area contributed by atoms with Gasteiger partial charge in [-0.3, -0.25) is 0 Å². The van der Waals surface area contributed by atoms with Crippen LogP contribution in [0.1, 0.15) is 64.8 Å². The minimum Gasteiger partial charge on any atom is -0.0582 e. The van der Waals surface area contributed by atoms with Gasteiger partial charge in [-0.1, -0.05) is 63.3 Å². The summed E-state index contributed by atoms with van der Waals surface area (Å²) in [4.78, 5) is 0. The van der Waals surface area contributed by atoms with Gasteiger partial charge in [0.2, 0.25) is 0 Å². The lowest BCUT2D eigenvalue weighted by Crippen LogP contribution is -2.42. The van der Waals surface area contributed by atoms with Crippen LogP contribution in [0.25, 0.3) is 0 Å². The number of rotatable bonds is 0. The van der Waals surface area contributed by atoms with Crippen LogP contribution >= 0.6 is 15.9 Å². The van der Waals surface area contributed by atoms with Gasteiger partial charge in [0.05, 0.1) is 0 Å². The van der Waals surface area contributed by atoms with Gasteiger partial charge in [-0.2, -0.15) is 0 Å². The molecule has 1 aliphatic rings. The van der Waals surface area contributed by atoms with Crippen LogP contribution in [0, 0.1) is 5.41 Å². The average molecular weight is 290 g/mol. The molecular formula is C15H21Br. The lowest BCUT2D eigenvalue weighted by molar-refractivity contribution is 0.125. The van der Waals surface area contributed by atoms with Gasteiger partial charge in [0, 0.05) is 16.8 Å². The molecule has 1 aliphatic carbocycles. The van der Waals surface area contributed by atoms with Gasteiger partial charge in [-0.25, -0.2) is 0 Å². The molecule has 0 aromatic heterocycles. The van der Waals surface area contributed by atoms with Crippen molar-refractivity contribution in [2.75, 3.05) is 0 Å². The van der Waals surface area contributed by atoms with Crippen molar-refractivity contribution in [2.45, 2.75) is 52.2 Å². The third-order valence-corrected chi connectivity index (χ3v) is 4.55. The van der Waals surface area contributed by atoms with E-state index in [9.17, 15) is 0 Å². The fraction of sp³-hybridized carbons (Fsp3) is 0.600. The fourth-order valence-electron chi connectivity index (χ4n) is 2.38. The zero-order valence-corrected chi connectivity index (χ0v) is 11.2. The molecule has 88 valence electrons. The van der Waals surface area contributed by atoms with Crippen molar-refractivity contribution < 1.29 is 12.3 Å². The Hall–Kier alpha value is -0.300. The zero-order chi connectivity index (χ0) is 19.9. The first kappa shape index (κ1) is 5.14. The molecule has 0 radical (unpaired) electrons. The molecule has 0 saturated heterocycles. The monoisotopic (exact) mass is 289 g/mol. The molecular weight excluding hydrogens is 260 g/mol. The van der Waals surface area contributed by atoms with Crippen LogP contribution in [0.4, 0.5) is 0 Å². The van der Waals surface area contributed by atoms with Crippen LogP contribution in [0.2, 0.25) is 0 Å². The summed E-state index contributed by atoms with van der Waals surface area (Å²) in [6.45, 7) is -4.40. The van der Waals surface area contributed by atoms with E-state index in [-0.39, 0.29) is 5.56 Å². The SMILES string of the molecule is [2H]C([2H])([2H])C1(C)C(C)(C)c2ccc(Br)cc2C1(C([2H])([2H])[2H])C([2H])([2H])[2H]. The molecule has 0 fully saturated rings. The Bertz CT molecular complexity index is 682. The number of benzene rings is 1. The van der Waals surface area contributed by atoms with Gasteiger partial charge >= 0.3 is 0 Å². The first-order valence-corrected chi connectivity index (χ1v) is 5.97. The van der Waals surface area contributed by atoms with Crippen LogP contribution in [-0.4, -0.2) is 0 Å². The Morgan fingerprint density at radius 3 is 2.25 bits per heavy atom. The molecule has 0 aliphatic heterocycles. The van der Waals surface area contributed by atoms with Crippen LogP contribution in [0.5, 0.6) is 0 Å². The molecule has 0 nitrogen and oxygen atoms in total. The van der Waals surface area contributed by atoms with Crippen molar-refractivity contribution in [3.05, 3.63) is 33.8 Å². The predicted octanol–water partition coefficient (Wildman–Crippen LogP) is 5.04. The summed E-state index contributed by atoms with van der Waals surface area (Å²) in [5.41, 5.74) is -5.25. The number of hydrogen-bond acceptors (Lipinski definition) is 0. The molecule has 16 heavy (non-hydrogen) atoms. The minimum atomic E-state index is -3.05. The summed E-state index contributed by atoms with van der Waals surface area (Å²) in [7, 11) is 0. The Kier molecular flexibility index (Phi) is 1.00. The Balaban J connectivity index is 3.19. The fourth-order valence-corrected chi connectivity index (χ4v) is 2.74. The molecule has 1 unspecified atom stereocenters. The Morgan fingerprint density at radius 1 is 1.00 bits per heavy atom. The molecule has 0 bridgehead atoms. The predicted molar refractivity (Wildman–Crippen MR) is 74.0 cm³/mol. The van der Waals surface area contributed by atoms with Crippen molar-refractivity contribution in [2.24, 2.45) is 5.41 Å². The standard InChI is InChI=1S/C15H21Br/c1-13(2)11-8-7-10(16)9-12(11)14(3,4)15(13,5)6/h7-9H,1-6H3/i3D3,4D3,5D3. The van der Waals surface area contributed by atoms with Gasteiger partial charge in [-0.05, 0) is 39.5 Å². The number of halogens is 1. The van der Waals surface area contributed by atoms with E-state index in [0.29, 0.717) is 10.0 Å². The van der Waals surface area contributed by atoms with Gasteiger partial charge in [0.1, 0.15) is 0 Å². The molecule has 1 aromatic rings. The quantitative estimate of drug-likeness (QED) is 0.627. The second kappa shape index (κ2) is 3.13. The normalized spacial score (nSPS) is 40.9. The van der Waals surface area contributed by atoms with E-state index in [1.807, 2.05) is 0 Å². The highest BCUT2D eigenvalue weighted by molar-refractivity contribution is 9.10. The molecule has 2 rings (SSSR count). The zero-order valence-electron chi connectivity index (χ0n) is 18.6. The van der Waals surface area contributed by atoms with Crippen LogP contribution in [0.3, 0.4) is 0 Å². The second-order valence-corrected chi connectivity index (χ2v) is 6.11. The summed E-state index contributed by atoms with van der Waals surface area (Å²) >= 11 is 3.27. The van der Waals surface area contributed by atoms with Crippen LogP contribution < -0.4 is 0 Å². The maximum Gasteiger partial charge on any atom is 0.0240 e. The number of hydrogen-bond donors (Lipinski definition) is 0. The maximum absolute atomic E-state index is 8.15. The van der Waals surface area contributed by atoms with Gasteiger partial charge in [0.25, 0.3) is 0 Å². The second-order valence-electron chi connectivity index (χ2n) is 5.19. The minimum absolute atomic E-state index is 0.0606. The topological polar surface area (TPSA) is 0 Å². The lowest BCUT2D eigenvalue weighted by Gasteiger charge is -2.44. The van der Waals surface area contributed by atoms with Gasteiger partial charge < -0.3 is 0 Å². The first-order chi connectivity index (χ1) is 10.9. The highest BCUT2D eigenvalue weighted by atomic mass is 79.9. The van der Waals surface area contributed by atoms with E-state index in [0.717, 1.165) is 0 Å². The van der Waals surface area contributed by atoms with Gasteiger partial charge in [-0.15, -0.1) is 0 Å². The van der Waals surface area contributed by atoms with Crippen LogP contribution in [-0.2, 0) is 10.8 Å². The number of fused-ring (bicyclic) bond motifs is 1. The first-order valence-electron chi connectivity index (χ1n) is 9.68. The molecule has 1 heteroatoms. The summed E-state index contributed by atoms with van der Waals surface area (Å²) in [6.07, 6.45) is 0. The molecule has 0 heterocycles. The molecule has 1 atom stereocenters. The summed E-state index contributed by atoms with van der Waals surface area (Å²) in [5.74, 6) is 0. The van der Waals surface area contributed by atoms with Crippen molar-refractivity contribution in [3.63, 3.8) is 0 Å². The van der Waals surface area contributed by atoms with Crippen molar-refractivity contribution in [1.29, 1.82) is 0 Å². The molecule has 0 spiro atoms. The lowest BCUT2D eigenvalue weighted by atomic mass is 9.59. The van der Waals surface area contributed by atoms with E-state index in [2.05, 4.69) is 15.9 Å².